The van der Waals surface area contributed by atoms with Gasteiger partial charge in [-0.2, -0.15) is 0 Å². The van der Waals surface area contributed by atoms with Crippen LogP contribution in [0.2, 0.25) is 0 Å². The van der Waals surface area contributed by atoms with Crippen molar-refractivity contribution < 1.29 is 9.53 Å². The number of fused-ring (bicyclic) bond motifs is 1. The van der Waals surface area contributed by atoms with Crippen molar-refractivity contribution in [2.45, 2.75) is 53.1 Å². The number of carbonyl (C=O) groups excluding carboxylic acids is 1. The normalized spacial score (nSPS) is 17.6. The fraction of sp³-hybridized carbons (Fsp3) is 0.500. The highest BCUT2D eigenvalue weighted by molar-refractivity contribution is 5.79. The number of allylic oxidation sites excluding steroid dienone is 1. The molecule has 0 aromatic heterocycles. The van der Waals surface area contributed by atoms with E-state index in [4.69, 9.17) is 4.74 Å². The first-order valence-electron chi connectivity index (χ1n) is 7.44. The van der Waals surface area contributed by atoms with Gasteiger partial charge in [-0.25, -0.2) is 0 Å². The Balaban J connectivity index is 2.22. The molecule has 0 fully saturated rings. The van der Waals surface area contributed by atoms with Gasteiger partial charge in [-0.1, -0.05) is 37.6 Å². The summed E-state index contributed by atoms with van der Waals surface area (Å²) in [6, 6.07) is 8.24. The fourth-order valence-electron chi connectivity index (χ4n) is 2.37. The summed E-state index contributed by atoms with van der Waals surface area (Å²) >= 11 is 0. The number of rotatable bonds is 4. The van der Waals surface area contributed by atoms with Crippen molar-refractivity contribution in [1.29, 1.82) is 0 Å². The van der Waals surface area contributed by atoms with Crippen LogP contribution in [0.5, 0.6) is 0 Å². The first kappa shape index (κ1) is 14.8. The second-order valence-electron chi connectivity index (χ2n) is 6.46. The summed E-state index contributed by atoms with van der Waals surface area (Å²) < 4.78 is 5.70. The van der Waals surface area contributed by atoms with E-state index in [-0.39, 0.29) is 12.1 Å². The molecule has 1 aromatic carbocycles. The third-order valence-corrected chi connectivity index (χ3v) is 3.61. The molecule has 1 aliphatic rings. The Morgan fingerprint density at radius 1 is 1.25 bits per heavy atom. The van der Waals surface area contributed by atoms with E-state index in [1.807, 2.05) is 32.9 Å². The van der Waals surface area contributed by atoms with Gasteiger partial charge in [0.15, 0.2) is 0 Å². The van der Waals surface area contributed by atoms with E-state index in [1.165, 1.54) is 24.0 Å². The summed E-state index contributed by atoms with van der Waals surface area (Å²) in [5.41, 5.74) is 3.22. The van der Waals surface area contributed by atoms with Crippen LogP contribution >= 0.6 is 0 Å². The number of unbranched alkanes of at least 4 members (excludes halogenated alkanes) is 1. The van der Waals surface area contributed by atoms with Crippen molar-refractivity contribution in [2.24, 2.45) is 5.41 Å². The molecule has 0 amide bonds. The molecule has 1 aromatic rings. The Hall–Kier alpha value is -1.57. The van der Waals surface area contributed by atoms with Crippen LogP contribution in [0.15, 0.2) is 30.3 Å². The molecular formula is C18H24O2. The summed E-state index contributed by atoms with van der Waals surface area (Å²) in [7, 11) is 0. The molecule has 0 aliphatic heterocycles. The van der Waals surface area contributed by atoms with Gasteiger partial charge in [-0.15, -0.1) is 0 Å². The lowest BCUT2D eigenvalue weighted by atomic mass is 9.97. The second kappa shape index (κ2) is 5.82. The molecule has 2 rings (SSSR count). The molecule has 2 nitrogen and oxygen atoms in total. The summed E-state index contributed by atoms with van der Waals surface area (Å²) in [5.74, 6) is -0.148. The number of hydrogen-bond donors (Lipinski definition) is 0. The molecule has 0 N–H and O–H groups in total. The minimum Gasteiger partial charge on any atom is -0.453 e. The summed E-state index contributed by atoms with van der Waals surface area (Å²) in [5, 5.41) is 0. The number of carbonyl (C=O) groups is 1. The first-order valence-corrected chi connectivity index (χ1v) is 7.44. The fourth-order valence-corrected chi connectivity index (χ4v) is 2.37. The van der Waals surface area contributed by atoms with Gasteiger partial charge in [0.2, 0.25) is 0 Å². The van der Waals surface area contributed by atoms with Crippen LogP contribution < -0.4 is 0 Å². The predicted octanol–water partition coefficient (Wildman–Crippen LogP) is 4.90. The van der Waals surface area contributed by atoms with E-state index in [1.54, 1.807) is 0 Å². The number of esters is 1. The second-order valence-corrected chi connectivity index (χ2v) is 6.46. The van der Waals surface area contributed by atoms with Crippen LogP contribution in [0.4, 0.5) is 0 Å². The molecule has 0 saturated heterocycles. The topological polar surface area (TPSA) is 26.3 Å². The van der Waals surface area contributed by atoms with Crippen LogP contribution in [0.25, 0.3) is 5.57 Å². The van der Waals surface area contributed by atoms with Crippen LogP contribution in [0.3, 0.4) is 0 Å². The summed E-state index contributed by atoms with van der Waals surface area (Å²) in [6.07, 6.45) is 5.29. The molecule has 2 heteroatoms. The number of ether oxygens (including phenoxy) is 1. The molecule has 1 unspecified atom stereocenters. The summed E-state index contributed by atoms with van der Waals surface area (Å²) in [4.78, 5) is 12.1. The van der Waals surface area contributed by atoms with Crippen LogP contribution in [-0.4, -0.2) is 5.97 Å². The Bertz CT molecular complexity index is 520. The van der Waals surface area contributed by atoms with Crippen molar-refractivity contribution in [3.63, 3.8) is 0 Å². The third kappa shape index (κ3) is 3.12. The van der Waals surface area contributed by atoms with Crippen LogP contribution in [0.1, 0.15) is 64.2 Å². The standard InChI is InChI=1S/C18H24O2/c1-5-6-9-13-12-16(20-17(19)18(2,3)4)15-11-8-7-10-14(13)15/h7-8,10-12,16H,5-6,9H2,1-4H3. The van der Waals surface area contributed by atoms with E-state index < -0.39 is 5.41 Å². The highest BCUT2D eigenvalue weighted by Crippen LogP contribution is 2.39. The maximum absolute atomic E-state index is 12.1. The molecule has 0 spiro atoms. The van der Waals surface area contributed by atoms with Crippen molar-refractivity contribution in [3.8, 4) is 0 Å². The third-order valence-electron chi connectivity index (χ3n) is 3.61. The van der Waals surface area contributed by atoms with Gasteiger partial charge in [0.05, 0.1) is 5.41 Å². The lowest BCUT2D eigenvalue weighted by Gasteiger charge is -2.20. The Labute approximate surface area is 121 Å². The number of benzene rings is 1. The molecule has 108 valence electrons. The van der Waals surface area contributed by atoms with Crippen molar-refractivity contribution in [2.75, 3.05) is 0 Å². The van der Waals surface area contributed by atoms with Gasteiger partial charge in [-0.05, 0) is 50.8 Å². The monoisotopic (exact) mass is 272 g/mol. The molecule has 0 saturated carbocycles. The maximum atomic E-state index is 12.1. The molecule has 0 radical (unpaired) electrons. The number of hydrogen-bond acceptors (Lipinski definition) is 2. The molecule has 20 heavy (non-hydrogen) atoms. The Morgan fingerprint density at radius 3 is 2.60 bits per heavy atom. The largest absolute Gasteiger partial charge is 0.453 e. The lowest BCUT2D eigenvalue weighted by Crippen LogP contribution is -2.24. The Kier molecular flexibility index (Phi) is 4.32. The lowest BCUT2D eigenvalue weighted by molar-refractivity contribution is -0.156. The minimum absolute atomic E-state index is 0.148. The smallest absolute Gasteiger partial charge is 0.312 e. The van der Waals surface area contributed by atoms with Crippen molar-refractivity contribution >= 4 is 11.5 Å². The molecule has 1 atom stereocenters. The van der Waals surface area contributed by atoms with Crippen LogP contribution in [0, 0.1) is 5.41 Å². The zero-order valence-electron chi connectivity index (χ0n) is 12.9. The van der Waals surface area contributed by atoms with E-state index >= 15 is 0 Å². The van der Waals surface area contributed by atoms with E-state index in [9.17, 15) is 4.79 Å². The highest BCUT2D eigenvalue weighted by atomic mass is 16.5. The maximum Gasteiger partial charge on any atom is 0.312 e. The van der Waals surface area contributed by atoms with Gasteiger partial charge in [0.25, 0.3) is 0 Å². The highest BCUT2D eigenvalue weighted by Gasteiger charge is 2.30. The Morgan fingerprint density at radius 2 is 1.95 bits per heavy atom. The zero-order valence-corrected chi connectivity index (χ0v) is 12.9. The molecule has 1 aliphatic carbocycles. The minimum atomic E-state index is -0.463. The molecular weight excluding hydrogens is 248 g/mol. The molecule has 0 heterocycles. The summed E-state index contributed by atoms with van der Waals surface area (Å²) in [6.45, 7) is 7.85. The van der Waals surface area contributed by atoms with Gasteiger partial charge in [0, 0.05) is 5.56 Å². The predicted molar refractivity (Wildman–Crippen MR) is 82.2 cm³/mol. The van der Waals surface area contributed by atoms with Gasteiger partial charge in [-0.3, -0.25) is 4.79 Å². The van der Waals surface area contributed by atoms with Gasteiger partial charge < -0.3 is 4.74 Å². The SMILES string of the molecule is CCCCC1=CC(OC(=O)C(C)(C)C)c2ccccc21. The van der Waals surface area contributed by atoms with Crippen molar-refractivity contribution in [3.05, 3.63) is 41.5 Å². The van der Waals surface area contributed by atoms with Gasteiger partial charge >= 0.3 is 5.97 Å². The van der Waals surface area contributed by atoms with Gasteiger partial charge in [0.1, 0.15) is 6.10 Å². The quantitative estimate of drug-likeness (QED) is 0.728. The van der Waals surface area contributed by atoms with E-state index in [0.717, 1.165) is 12.0 Å². The van der Waals surface area contributed by atoms with E-state index in [0.29, 0.717) is 0 Å². The van der Waals surface area contributed by atoms with E-state index in [2.05, 4.69) is 25.1 Å². The van der Waals surface area contributed by atoms with Crippen molar-refractivity contribution in [1.82, 2.24) is 0 Å². The van der Waals surface area contributed by atoms with Crippen LogP contribution in [-0.2, 0) is 9.53 Å². The first-order chi connectivity index (χ1) is 9.43. The zero-order chi connectivity index (χ0) is 14.8. The average Bonchev–Trinajstić information content (AvgIpc) is 2.74. The average molecular weight is 272 g/mol. The molecule has 0 bridgehead atoms.